The minimum absolute atomic E-state index is 0.259. The Hall–Kier alpha value is -3.00. The summed E-state index contributed by atoms with van der Waals surface area (Å²) in [5.41, 5.74) is 2.31. The Morgan fingerprint density at radius 1 is 1.21 bits per heavy atom. The zero-order valence-electron chi connectivity index (χ0n) is 14.0. The summed E-state index contributed by atoms with van der Waals surface area (Å²) in [6.45, 7) is 5.93. The van der Waals surface area contributed by atoms with E-state index in [0.29, 0.717) is 29.4 Å². The Labute approximate surface area is 141 Å². The molecule has 0 aliphatic carbocycles. The zero-order valence-corrected chi connectivity index (χ0v) is 14.0. The Bertz CT molecular complexity index is 748. The van der Waals surface area contributed by atoms with Gasteiger partial charge >= 0.3 is 0 Å². The van der Waals surface area contributed by atoms with Crippen LogP contribution in [0.5, 0.6) is 11.5 Å². The van der Waals surface area contributed by atoms with Crippen LogP contribution in [0.1, 0.15) is 25.0 Å². The first-order valence-corrected chi connectivity index (χ1v) is 7.74. The molecule has 5 heteroatoms. The van der Waals surface area contributed by atoms with E-state index in [1.54, 1.807) is 25.1 Å². The minimum Gasteiger partial charge on any atom is -0.490 e. The monoisotopic (exact) mass is 324 g/mol. The first kappa shape index (κ1) is 17.4. The molecule has 0 saturated carbocycles. The van der Waals surface area contributed by atoms with Crippen molar-refractivity contribution in [2.75, 3.05) is 11.9 Å². The second-order valence-corrected chi connectivity index (χ2v) is 5.32. The van der Waals surface area contributed by atoms with Crippen molar-refractivity contribution in [3.8, 4) is 17.6 Å². The first-order valence-electron chi connectivity index (χ1n) is 7.74. The van der Waals surface area contributed by atoms with Gasteiger partial charge in [-0.15, -0.1) is 0 Å². The number of amides is 1. The van der Waals surface area contributed by atoms with Gasteiger partial charge in [-0.1, -0.05) is 17.7 Å². The molecule has 24 heavy (non-hydrogen) atoms. The molecule has 1 atom stereocenters. The van der Waals surface area contributed by atoms with Gasteiger partial charge in [0.2, 0.25) is 0 Å². The smallest absolute Gasteiger partial charge is 0.265 e. The molecule has 2 aromatic rings. The fourth-order valence-corrected chi connectivity index (χ4v) is 2.07. The summed E-state index contributed by atoms with van der Waals surface area (Å²) in [6.07, 6.45) is -0.710. The van der Waals surface area contributed by atoms with Crippen molar-refractivity contribution in [1.29, 1.82) is 5.26 Å². The molecule has 5 nitrogen and oxygen atoms in total. The zero-order chi connectivity index (χ0) is 17.5. The van der Waals surface area contributed by atoms with E-state index >= 15 is 0 Å². The fourth-order valence-electron chi connectivity index (χ4n) is 2.07. The van der Waals surface area contributed by atoms with Crippen molar-refractivity contribution in [3.63, 3.8) is 0 Å². The number of ether oxygens (including phenoxy) is 2. The third-order valence-corrected chi connectivity index (χ3v) is 3.36. The summed E-state index contributed by atoms with van der Waals surface area (Å²) in [4.78, 5) is 12.3. The average molecular weight is 324 g/mol. The molecule has 0 spiro atoms. The molecule has 1 N–H and O–H groups in total. The van der Waals surface area contributed by atoms with Crippen molar-refractivity contribution in [2.24, 2.45) is 0 Å². The molecular weight excluding hydrogens is 304 g/mol. The summed E-state index contributed by atoms with van der Waals surface area (Å²) in [5, 5.41) is 11.8. The lowest BCUT2D eigenvalue weighted by atomic mass is 10.2. The molecule has 0 unspecified atom stereocenters. The maximum atomic E-state index is 12.3. The third kappa shape index (κ3) is 4.50. The van der Waals surface area contributed by atoms with E-state index in [1.807, 2.05) is 38.1 Å². The van der Waals surface area contributed by atoms with Crippen LogP contribution >= 0.6 is 0 Å². The highest BCUT2D eigenvalue weighted by Gasteiger charge is 2.17. The van der Waals surface area contributed by atoms with Crippen LogP contribution in [0.4, 0.5) is 5.69 Å². The van der Waals surface area contributed by atoms with E-state index in [9.17, 15) is 4.79 Å². The van der Waals surface area contributed by atoms with Crippen molar-refractivity contribution in [3.05, 3.63) is 53.6 Å². The molecule has 0 aliphatic heterocycles. The van der Waals surface area contributed by atoms with E-state index < -0.39 is 6.10 Å². The molecule has 1 amide bonds. The first-order chi connectivity index (χ1) is 11.5. The number of carbonyl (C=O) groups excluding carboxylic acids is 1. The molecule has 0 radical (unpaired) electrons. The van der Waals surface area contributed by atoms with Crippen LogP contribution in [0.3, 0.4) is 0 Å². The number of nitrogens with zero attached hydrogens (tertiary/aromatic N) is 1. The Kier molecular flexibility index (Phi) is 5.80. The van der Waals surface area contributed by atoms with Crippen LogP contribution < -0.4 is 14.8 Å². The summed E-state index contributed by atoms with van der Waals surface area (Å²) in [7, 11) is 0. The minimum atomic E-state index is -0.710. The summed E-state index contributed by atoms with van der Waals surface area (Å²) >= 11 is 0. The lowest BCUT2D eigenvalue weighted by molar-refractivity contribution is -0.122. The predicted molar refractivity (Wildman–Crippen MR) is 92.2 cm³/mol. The van der Waals surface area contributed by atoms with Gasteiger partial charge in [-0.05, 0) is 45.0 Å². The quantitative estimate of drug-likeness (QED) is 0.880. The van der Waals surface area contributed by atoms with Crippen molar-refractivity contribution < 1.29 is 14.3 Å². The number of nitriles is 1. The summed E-state index contributed by atoms with van der Waals surface area (Å²) in [6, 6.07) is 14.4. The number of benzene rings is 2. The van der Waals surface area contributed by atoms with Gasteiger partial charge in [-0.3, -0.25) is 4.79 Å². The van der Waals surface area contributed by atoms with Crippen molar-refractivity contribution >= 4 is 11.6 Å². The summed E-state index contributed by atoms with van der Waals surface area (Å²) in [5.74, 6) is 0.625. The van der Waals surface area contributed by atoms with Gasteiger partial charge in [-0.25, -0.2) is 0 Å². The van der Waals surface area contributed by atoms with Crippen molar-refractivity contribution in [2.45, 2.75) is 26.9 Å². The second kappa shape index (κ2) is 8.02. The molecule has 0 aromatic heterocycles. The largest absolute Gasteiger partial charge is 0.490 e. The van der Waals surface area contributed by atoms with Gasteiger partial charge < -0.3 is 14.8 Å². The summed E-state index contributed by atoms with van der Waals surface area (Å²) < 4.78 is 11.2. The van der Waals surface area contributed by atoms with Crippen LogP contribution in [-0.2, 0) is 4.79 Å². The highest BCUT2D eigenvalue weighted by Crippen LogP contribution is 2.29. The standard InChI is InChI=1S/C19H20N2O3/c1-4-23-18-11-15(12-20)7-10-17(18)24-14(3)19(22)21-16-8-5-13(2)6-9-16/h5-11,14H,4H2,1-3H3,(H,21,22)/t14-/m0/s1. The van der Waals surface area contributed by atoms with Crippen LogP contribution in [-0.4, -0.2) is 18.6 Å². The molecule has 0 saturated heterocycles. The van der Waals surface area contributed by atoms with Crippen LogP contribution in [0.15, 0.2) is 42.5 Å². The molecule has 124 valence electrons. The van der Waals surface area contributed by atoms with Gasteiger partial charge in [0.05, 0.1) is 18.2 Å². The van der Waals surface area contributed by atoms with Crippen LogP contribution in [0.25, 0.3) is 0 Å². The van der Waals surface area contributed by atoms with E-state index in [0.717, 1.165) is 5.56 Å². The number of hydrogen-bond donors (Lipinski definition) is 1. The lowest BCUT2D eigenvalue weighted by Gasteiger charge is -2.17. The van der Waals surface area contributed by atoms with Crippen LogP contribution in [0.2, 0.25) is 0 Å². The molecule has 0 aliphatic rings. The molecule has 0 heterocycles. The second-order valence-electron chi connectivity index (χ2n) is 5.32. The normalized spacial score (nSPS) is 11.2. The van der Waals surface area contributed by atoms with Crippen LogP contribution in [0, 0.1) is 18.3 Å². The molecule has 0 fully saturated rings. The Morgan fingerprint density at radius 2 is 1.92 bits per heavy atom. The number of nitrogens with one attached hydrogen (secondary N) is 1. The van der Waals surface area contributed by atoms with E-state index in [2.05, 4.69) is 11.4 Å². The van der Waals surface area contributed by atoms with Gasteiger partial charge in [0.15, 0.2) is 17.6 Å². The molecule has 2 aromatic carbocycles. The number of anilines is 1. The number of aryl methyl sites for hydroxylation is 1. The van der Waals surface area contributed by atoms with E-state index in [1.165, 1.54) is 0 Å². The highest BCUT2D eigenvalue weighted by molar-refractivity contribution is 5.94. The Balaban J connectivity index is 2.08. The van der Waals surface area contributed by atoms with Gasteiger partial charge in [0.25, 0.3) is 5.91 Å². The average Bonchev–Trinajstić information content (AvgIpc) is 2.58. The number of carbonyl (C=O) groups is 1. The molecule has 2 rings (SSSR count). The molecular formula is C19H20N2O3. The van der Waals surface area contributed by atoms with Gasteiger partial charge in [0, 0.05) is 11.8 Å². The molecule has 0 bridgehead atoms. The van der Waals surface area contributed by atoms with E-state index in [-0.39, 0.29) is 5.91 Å². The lowest BCUT2D eigenvalue weighted by Crippen LogP contribution is -2.30. The fraction of sp³-hybridized carbons (Fsp3) is 0.263. The van der Waals surface area contributed by atoms with Gasteiger partial charge in [0.1, 0.15) is 0 Å². The highest BCUT2D eigenvalue weighted by atomic mass is 16.5. The van der Waals surface area contributed by atoms with Crippen molar-refractivity contribution in [1.82, 2.24) is 0 Å². The maximum Gasteiger partial charge on any atom is 0.265 e. The number of hydrogen-bond acceptors (Lipinski definition) is 4. The van der Waals surface area contributed by atoms with Gasteiger partial charge in [-0.2, -0.15) is 5.26 Å². The predicted octanol–water partition coefficient (Wildman–Crippen LogP) is 3.67. The SMILES string of the molecule is CCOc1cc(C#N)ccc1O[C@@H](C)C(=O)Nc1ccc(C)cc1. The topological polar surface area (TPSA) is 71.3 Å². The third-order valence-electron chi connectivity index (χ3n) is 3.36. The number of rotatable bonds is 6. The van der Waals surface area contributed by atoms with E-state index in [4.69, 9.17) is 14.7 Å². The Morgan fingerprint density at radius 3 is 2.54 bits per heavy atom. The maximum absolute atomic E-state index is 12.3.